The maximum absolute atomic E-state index is 10.5. The molecule has 0 aliphatic rings. The predicted molar refractivity (Wildman–Crippen MR) is 45.6 cm³/mol. The topological polar surface area (TPSA) is 52.3 Å². The van der Waals surface area contributed by atoms with E-state index < -0.39 is 8.32 Å². The van der Waals surface area contributed by atoms with Gasteiger partial charge in [-0.25, -0.2) is 0 Å². The fraction of sp³-hybridized carbons (Fsp3) is 0.800. The van der Waals surface area contributed by atoms with Gasteiger partial charge in [0, 0.05) is 0 Å². The molecule has 0 saturated carbocycles. The molecule has 0 rings (SSSR count). The van der Waals surface area contributed by atoms with Crippen LogP contribution in [0.5, 0.6) is 0 Å². The molecule has 0 radical (unpaired) electrons. The van der Waals surface area contributed by atoms with Crippen LogP contribution in [0.3, 0.4) is 0 Å². The molecule has 0 aliphatic heterocycles. The van der Waals surface area contributed by atoms with Gasteiger partial charge in [-0.2, -0.15) is 0 Å². The van der Waals surface area contributed by atoms with Gasteiger partial charge in [-0.1, -0.05) is 0 Å². The molecule has 2 N–H and O–H groups in total. The van der Waals surface area contributed by atoms with Gasteiger partial charge >= 0.3 is 35.5 Å². The van der Waals surface area contributed by atoms with Crippen molar-refractivity contribution in [3.63, 3.8) is 0 Å². The average molecular weight is 171 g/mol. The molecule has 0 fully saturated rings. The summed E-state index contributed by atoms with van der Waals surface area (Å²) >= 11 is 0. The summed E-state index contributed by atoms with van der Waals surface area (Å²) in [6.45, 7) is 5.83. The number of carbonyl (C=O) groups excluding carboxylic acids is 1. The zero-order valence-corrected chi connectivity index (χ0v) is 7.10. The molecule has 0 aromatic carbocycles. The van der Waals surface area contributed by atoms with E-state index in [1.165, 1.54) is 0 Å². The summed E-state index contributed by atoms with van der Waals surface area (Å²) < 4.78 is 4.96. The Bertz CT molecular complexity index is 113. The molecule has 0 unspecified atom stereocenters. The van der Waals surface area contributed by atoms with Crippen molar-refractivity contribution < 1.29 is 9.22 Å². The summed E-state index contributed by atoms with van der Waals surface area (Å²) in [6, 6.07) is 0. The fourth-order valence-corrected chi connectivity index (χ4v) is 1.15. The van der Waals surface area contributed by atoms with Gasteiger partial charge in [-0.05, 0) is 19.6 Å². The average Bonchev–Trinajstić information content (AvgIpc) is 1.62. The predicted octanol–water partition coefficient (Wildman–Crippen LogP) is -0.325. The van der Waals surface area contributed by atoms with Gasteiger partial charge in [0.2, 0.25) is 8.32 Å². The van der Waals surface area contributed by atoms with Crippen LogP contribution < -0.4 is 5.73 Å². The first-order chi connectivity index (χ1) is 3.95. The van der Waals surface area contributed by atoms with Crippen molar-refractivity contribution in [2.24, 2.45) is 5.73 Å². The van der Waals surface area contributed by atoms with E-state index in [9.17, 15) is 4.79 Å². The molecule has 0 aromatic heterocycles. The van der Waals surface area contributed by atoms with Crippen molar-refractivity contribution in [2.45, 2.75) is 19.6 Å². The van der Waals surface area contributed by atoms with Crippen LogP contribution >= 0.6 is 0 Å². The van der Waals surface area contributed by atoms with Gasteiger partial charge in [0.05, 0.1) is 6.54 Å². The van der Waals surface area contributed by atoms with E-state index >= 15 is 0 Å². The van der Waals surface area contributed by atoms with Crippen LogP contribution in [0.15, 0.2) is 0 Å². The van der Waals surface area contributed by atoms with E-state index in [4.69, 9.17) is 10.2 Å². The van der Waals surface area contributed by atoms with Gasteiger partial charge in [0.15, 0.2) is 0 Å². The fourth-order valence-electron chi connectivity index (χ4n) is 0.383. The normalized spacial score (nSPS) is 10.0. The Balaban J connectivity index is 0. The molecular weight excluding hydrogens is 157 g/mol. The van der Waals surface area contributed by atoms with E-state index in [2.05, 4.69) is 0 Å². The molecule has 10 heavy (non-hydrogen) atoms. The molecule has 5 heteroatoms. The molecule has 0 heterocycles. The molecule has 0 saturated heterocycles. The van der Waals surface area contributed by atoms with Crippen molar-refractivity contribution in [3.05, 3.63) is 0 Å². The SMILES string of the molecule is C[Si](C)(C)OC(=O)CN.[NaH]. The van der Waals surface area contributed by atoms with Crippen LogP contribution in [-0.4, -0.2) is 50.4 Å². The summed E-state index contributed by atoms with van der Waals surface area (Å²) in [4.78, 5) is 10.5. The number of hydrogen-bond acceptors (Lipinski definition) is 3. The van der Waals surface area contributed by atoms with Gasteiger partial charge in [-0.15, -0.1) is 0 Å². The third-order valence-electron chi connectivity index (χ3n) is 0.587. The van der Waals surface area contributed by atoms with E-state index in [1.54, 1.807) is 0 Å². The standard InChI is InChI=1S/C5H13NO2Si.Na.H/c1-9(2,3)8-5(7)4-6;;/h4,6H2,1-3H3;;. The summed E-state index contributed by atoms with van der Waals surface area (Å²) in [5.41, 5.74) is 5.03. The molecule has 0 aliphatic carbocycles. The molecule has 0 aromatic rings. The molecule has 0 bridgehead atoms. The van der Waals surface area contributed by atoms with Crippen LogP contribution in [0.2, 0.25) is 19.6 Å². The summed E-state index contributed by atoms with van der Waals surface area (Å²) in [6.07, 6.45) is 0. The zero-order chi connectivity index (χ0) is 7.49. The van der Waals surface area contributed by atoms with E-state index in [-0.39, 0.29) is 42.1 Å². The van der Waals surface area contributed by atoms with E-state index in [0.717, 1.165) is 0 Å². The molecule has 0 amide bonds. The molecule has 0 spiro atoms. The third kappa shape index (κ3) is 8.65. The quantitative estimate of drug-likeness (QED) is 0.579. The first-order valence-corrected chi connectivity index (χ1v) is 6.28. The number of rotatable bonds is 2. The molecular formula is C5H14NNaO2Si. The van der Waals surface area contributed by atoms with E-state index in [1.807, 2.05) is 19.6 Å². The Morgan fingerprint density at radius 1 is 1.50 bits per heavy atom. The van der Waals surface area contributed by atoms with Gasteiger partial charge in [0.1, 0.15) is 0 Å². The number of hydrogen-bond donors (Lipinski definition) is 1. The Labute approximate surface area is 84.7 Å². The van der Waals surface area contributed by atoms with Crippen molar-refractivity contribution in [1.29, 1.82) is 0 Å². The Morgan fingerprint density at radius 2 is 1.90 bits per heavy atom. The molecule has 0 atom stereocenters. The number of carbonyl (C=O) groups is 1. The van der Waals surface area contributed by atoms with Gasteiger partial charge in [-0.3, -0.25) is 4.79 Å². The van der Waals surface area contributed by atoms with Crippen molar-refractivity contribution >= 4 is 43.8 Å². The summed E-state index contributed by atoms with van der Waals surface area (Å²) in [5.74, 6) is -0.297. The van der Waals surface area contributed by atoms with Crippen LogP contribution in [0.1, 0.15) is 0 Å². The second-order valence-corrected chi connectivity index (χ2v) is 7.22. The zero-order valence-electron chi connectivity index (χ0n) is 6.10. The Kier molecular flexibility index (Phi) is 7.05. The first-order valence-electron chi connectivity index (χ1n) is 2.87. The van der Waals surface area contributed by atoms with Crippen molar-refractivity contribution in [1.82, 2.24) is 0 Å². The van der Waals surface area contributed by atoms with Crippen LogP contribution in [-0.2, 0) is 9.22 Å². The second kappa shape index (κ2) is 5.32. The van der Waals surface area contributed by atoms with Crippen LogP contribution in [0.4, 0.5) is 0 Å². The number of nitrogens with two attached hydrogens (primary N) is 1. The Morgan fingerprint density at radius 3 is 2.00 bits per heavy atom. The second-order valence-electron chi connectivity index (χ2n) is 2.79. The van der Waals surface area contributed by atoms with Gasteiger partial charge in [0.25, 0.3) is 0 Å². The monoisotopic (exact) mass is 171 g/mol. The summed E-state index contributed by atoms with van der Waals surface area (Å²) in [5, 5.41) is 0. The third-order valence-corrected chi connectivity index (χ3v) is 1.43. The van der Waals surface area contributed by atoms with Crippen molar-refractivity contribution in [3.8, 4) is 0 Å². The summed E-state index contributed by atoms with van der Waals surface area (Å²) in [7, 11) is -1.67. The maximum atomic E-state index is 10.5. The first kappa shape index (κ1) is 13.3. The van der Waals surface area contributed by atoms with Crippen LogP contribution in [0, 0.1) is 0 Å². The van der Waals surface area contributed by atoms with E-state index in [0.29, 0.717) is 0 Å². The minimum absolute atomic E-state index is 0. The van der Waals surface area contributed by atoms with Gasteiger partial charge < -0.3 is 10.2 Å². The molecule has 3 nitrogen and oxygen atoms in total. The Hall–Kier alpha value is 0.647. The van der Waals surface area contributed by atoms with Crippen molar-refractivity contribution in [2.75, 3.05) is 6.54 Å². The molecule has 56 valence electrons. The van der Waals surface area contributed by atoms with Crippen LogP contribution in [0.25, 0.3) is 0 Å². The minimum atomic E-state index is -1.67.